The quantitative estimate of drug-likeness (QED) is 0.655. The number of rotatable bonds is 1. The van der Waals surface area contributed by atoms with Crippen molar-refractivity contribution in [2.45, 2.75) is 0 Å². The van der Waals surface area contributed by atoms with Crippen LogP contribution in [0, 0.1) is 0 Å². The van der Waals surface area contributed by atoms with Crippen LogP contribution in [0.4, 0.5) is 0 Å². The minimum atomic E-state index is -0.503. The van der Waals surface area contributed by atoms with Crippen molar-refractivity contribution in [2.24, 2.45) is 0 Å². The van der Waals surface area contributed by atoms with E-state index in [9.17, 15) is 15.1 Å². The average molecular weight is 253 g/mol. The largest absolute Gasteiger partial charge is 0.508 e. The molecule has 1 heterocycles. The predicted molar refractivity (Wildman–Crippen MR) is 72.5 cm³/mol. The van der Waals surface area contributed by atoms with E-state index < -0.39 is 5.56 Å². The van der Waals surface area contributed by atoms with Gasteiger partial charge in [0.2, 0.25) is 0 Å². The lowest BCUT2D eigenvalue weighted by molar-refractivity contribution is 0.189. The number of hydrogen-bond donors (Lipinski definition) is 2. The molecule has 0 atom stereocenters. The molecule has 94 valence electrons. The zero-order valence-corrected chi connectivity index (χ0v) is 9.95. The van der Waals surface area contributed by atoms with E-state index in [0.29, 0.717) is 15.8 Å². The second-order valence-corrected chi connectivity index (χ2v) is 4.28. The van der Waals surface area contributed by atoms with Gasteiger partial charge in [0.15, 0.2) is 0 Å². The van der Waals surface area contributed by atoms with Crippen LogP contribution >= 0.6 is 0 Å². The lowest BCUT2D eigenvalue weighted by Crippen LogP contribution is -2.17. The lowest BCUT2D eigenvalue weighted by atomic mass is 10.0. The molecule has 0 aliphatic rings. The van der Waals surface area contributed by atoms with Crippen molar-refractivity contribution in [1.29, 1.82) is 0 Å². The van der Waals surface area contributed by atoms with Crippen molar-refractivity contribution in [2.75, 3.05) is 0 Å². The number of pyridine rings is 1. The molecule has 0 saturated heterocycles. The van der Waals surface area contributed by atoms with Gasteiger partial charge < -0.3 is 10.3 Å². The number of phenolic OH excluding ortho intramolecular Hbond substituents is 1. The summed E-state index contributed by atoms with van der Waals surface area (Å²) in [6.07, 6.45) is 0. The van der Waals surface area contributed by atoms with Crippen molar-refractivity contribution in [3.8, 4) is 16.9 Å². The van der Waals surface area contributed by atoms with E-state index in [2.05, 4.69) is 0 Å². The molecule has 4 nitrogen and oxygen atoms in total. The van der Waals surface area contributed by atoms with Crippen molar-refractivity contribution in [1.82, 2.24) is 4.73 Å². The summed E-state index contributed by atoms with van der Waals surface area (Å²) in [5.74, 6) is 0.134. The Morgan fingerprint density at radius 2 is 1.74 bits per heavy atom. The van der Waals surface area contributed by atoms with Gasteiger partial charge in [-0.25, -0.2) is 0 Å². The summed E-state index contributed by atoms with van der Waals surface area (Å²) in [5, 5.41) is 20.0. The van der Waals surface area contributed by atoms with Gasteiger partial charge in [-0.3, -0.25) is 4.79 Å². The summed E-state index contributed by atoms with van der Waals surface area (Å²) >= 11 is 0. The molecule has 0 unspecified atom stereocenters. The predicted octanol–water partition coefficient (Wildman–Crippen LogP) is 2.61. The number of aromatic nitrogens is 1. The highest BCUT2D eigenvalue weighted by atomic mass is 16.5. The van der Waals surface area contributed by atoms with Crippen LogP contribution in [0.25, 0.3) is 22.0 Å². The molecule has 0 aliphatic heterocycles. The number of para-hydroxylation sites is 1. The molecule has 0 spiro atoms. The molecule has 19 heavy (non-hydrogen) atoms. The fraction of sp³-hybridized carbons (Fsp3) is 0. The molecule has 0 bridgehead atoms. The highest BCUT2D eigenvalue weighted by molar-refractivity contribution is 5.94. The van der Waals surface area contributed by atoms with Crippen LogP contribution in [-0.2, 0) is 0 Å². The fourth-order valence-corrected chi connectivity index (χ4v) is 2.18. The highest BCUT2D eigenvalue weighted by Gasteiger charge is 2.09. The number of fused-ring (bicyclic) bond motifs is 1. The van der Waals surface area contributed by atoms with Gasteiger partial charge >= 0.3 is 0 Å². The Balaban J connectivity index is 2.42. The van der Waals surface area contributed by atoms with Crippen LogP contribution in [0.2, 0.25) is 0 Å². The molecule has 3 aromatic rings. The average Bonchev–Trinajstić information content (AvgIpc) is 2.43. The Hall–Kier alpha value is -2.75. The van der Waals surface area contributed by atoms with Gasteiger partial charge in [0.25, 0.3) is 5.56 Å². The highest BCUT2D eigenvalue weighted by Crippen LogP contribution is 2.28. The lowest BCUT2D eigenvalue weighted by Gasteiger charge is -2.09. The van der Waals surface area contributed by atoms with Crippen LogP contribution in [0.5, 0.6) is 5.75 Å². The Morgan fingerprint density at radius 3 is 2.53 bits per heavy atom. The minimum absolute atomic E-state index is 0.134. The fourth-order valence-electron chi connectivity index (χ4n) is 2.18. The Kier molecular flexibility index (Phi) is 2.49. The summed E-state index contributed by atoms with van der Waals surface area (Å²) in [6, 6.07) is 15.1. The smallest absolute Gasteiger partial charge is 0.284 e. The van der Waals surface area contributed by atoms with Gasteiger partial charge in [-0.15, -0.1) is 4.73 Å². The van der Waals surface area contributed by atoms with Crippen molar-refractivity contribution in [3.63, 3.8) is 0 Å². The van der Waals surface area contributed by atoms with E-state index >= 15 is 0 Å². The Morgan fingerprint density at radius 1 is 0.947 bits per heavy atom. The maximum Gasteiger partial charge on any atom is 0.284 e. The number of aromatic hydroxyl groups is 1. The maximum absolute atomic E-state index is 11.8. The van der Waals surface area contributed by atoms with Gasteiger partial charge in [-0.2, -0.15) is 0 Å². The van der Waals surface area contributed by atoms with E-state index in [1.807, 2.05) is 18.2 Å². The molecule has 0 aliphatic carbocycles. The van der Waals surface area contributed by atoms with Crippen LogP contribution < -0.4 is 5.56 Å². The van der Waals surface area contributed by atoms with E-state index in [1.165, 1.54) is 6.07 Å². The summed E-state index contributed by atoms with van der Waals surface area (Å²) in [6.45, 7) is 0. The molecule has 3 rings (SSSR count). The first-order valence-corrected chi connectivity index (χ1v) is 5.80. The molecule has 0 saturated carbocycles. The number of hydrogen-bond acceptors (Lipinski definition) is 3. The van der Waals surface area contributed by atoms with Crippen LogP contribution in [0.1, 0.15) is 0 Å². The maximum atomic E-state index is 11.8. The summed E-state index contributed by atoms with van der Waals surface area (Å²) in [7, 11) is 0. The van der Waals surface area contributed by atoms with Crippen LogP contribution in [0.3, 0.4) is 0 Å². The normalized spacial score (nSPS) is 10.7. The van der Waals surface area contributed by atoms with Gasteiger partial charge in [-0.1, -0.05) is 30.3 Å². The topological polar surface area (TPSA) is 62.5 Å². The van der Waals surface area contributed by atoms with E-state index in [4.69, 9.17) is 0 Å². The third-order valence-corrected chi connectivity index (χ3v) is 3.06. The molecule has 0 radical (unpaired) electrons. The SMILES string of the molecule is O=c1cc(-c2cccc(O)c2)c2ccccc2n1O. The Bertz CT molecular complexity index is 821. The summed E-state index contributed by atoms with van der Waals surface area (Å²) < 4.78 is 0.627. The number of benzene rings is 2. The molecular weight excluding hydrogens is 242 g/mol. The third-order valence-electron chi connectivity index (χ3n) is 3.06. The first-order chi connectivity index (χ1) is 9.16. The zero-order valence-electron chi connectivity index (χ0n) is 9.95. The van der Waals surface area contributed by atoms with E-state index in [-0.39, 0.29) is 5.75 Å². The van der Waals surface area contributed by atoms with Gasteiger partial charge in [0.1, 0.15) is 5.75 Å². The molecule has 2 aromatic carbocycles. The standard InChI is InChI=1S/C15H11NO3/c17-11-5-3-4-10(8-11)13-9-15(18)16(19)14-7-2-1-6-12(13)14/h1-9,17,19H. The molecule has 1 aromatic heterocycles. The first-order valence-electron chi connectivity index (χ1n) is 5.80. The molecule has 4 heteroatoms. The monoisotopic (exact) mass is 253 g/mol. The summed E-state index contributed by atoms with van der Waals surface area (Å²) in [4.78, 5) is 11.8. The first kappa shape index (κ1) is 11.3. The molecule has 2 N–H and O–H groups in total. The van der Waals surface area contributed by atoms with Crippen molar-refractivity contribution in [3.05, 3.63) is 65.0 Å². The second kappa shape index (κ2) is 4.17. The van der Waals surface area contributed by atoms with Gasteiger partial charge in [0, 0.05) is 11.5 Å². The number of nitrogens with zero attached hydrogens (tertiary/aromatic N) is 1. The number of phenols is 1. The van der Waals surface area contributed by atoms with Crippen LogP contribution in [-0.4, -0.2) is 15.0 Å². The second-order valence-electron chi connectivity index (χ2n) is 4.28. The van der Waals surface area contributed by atoms with Crippen molar-refractivity contribution < 1.29 is 10.3 Å². The van der Waals surface area contributed by atoms with Gasteiger partial charge in [-0.05, 0) is 29.3 Å². The van der Waals surface area contributed by atoms with Crippen LogP contribution in [0.15, 0.2) is 59.4 Å². The van der Waals surface area contributed by atoms with Crippen molar-refractivity contribution >= 4 is 10.9 Å². The van der Waals surface area contributed by atoms with Gasteiger partial charge in [0.05, 0.1) is 5.52 Å². The van der Waals surface area contributed by atoms with E-state index in [1.54, 1.807) is 30.3 Å². The van der Waals surface area contributed by atoms with E-state index in [0.717, 1.165) is 10.9 Å². The third kappa shape index (κ3) is 1.83. The molecule has 0 amide bonds. The minimum Gasteiger partial charge on any atom is -0.508 e. The summed E-state index contributed by atoms with van der Waals surface area (Å²) in [5.41, 5.74) is 1.35. The molecular formula is C15H11NO3. The Labute approximate surface area is 108 Å². The molecule has 0 fully saturated rings. The zero-order chi connectivity index (χ0) is 13.4.